The van der Waals surface area contributed by atoms with Crippen molar-refractivity contribution >= 4 is 17.5 Å². The van der Waals surface area contributed by atoms with E-state index in [2.05, 4.69) is 5.32 Å². The molecule has 3 nitrogen and oxygen atoms in total. The standard InChI is InChI=1S/C16H15ClFNO2/c1-21-14-7-4-12(15(17)9-14)10-19-16(20)8-11-2-5-13(18)6-3-11/h2-7,9H,8,10H2,1H3,(H,19,20). The van der Waals surface area contributed by atoms with E-state index >= 15 is 0 Å². The second-order valence-electron chi connectivity index (χ2n) is 4.54. The largest absolute Gasteiger partial charge is 0.497 e. The van der Waals surface area contributed by atoms with Crippen LogP contribution in [-0.2, 0) is 17.8 Å². The average Bonchev–Trinajstić information content (AvgIpc) is 2.48. The SMILES string of the molecule is COc1ccc(CNC(=O)Cc2ccc(F)cc2)c(Cl)c1. The Morgan fingerprint density at radius 2 is 1.95 bits per heavy atom. The Morgan fingerprint density at radius 3 is 2.57 bits per heavy atom. The van der Waals surface area contributed by atoms with Crippen LogP contribution in [0.5, 0.6) is 5.75 Å². The smallest absolute Gasteiger partial charge is 0.224 e. The van der Waals surface area contributed by atoms with E-state index in [-0.39, 0.29) is 18.1 Å². The summed E-state index contributed by atoms with van der Waals surface area (Å²) in [6, 6.07) is 11.1. The molecule has 0 atom stereocenters. The molecule has 5 heteroatoms. The first kappa shape index (κ1) is 15.3. The number of carbonyl (C=O) groups excluding carboxylic acids is 1. The van der Waals surface area contributed by atoms with E-state index < -0.39 is 0 Å². The molecule has 1 N–H and O–H groups in total. The summed E-state index contributed by atoms with van der Waals surface area (Å²) < 4.78 is 17.8. The predicted molar refractivity (Wildman–Crippen MR) is 80.0 cm³/mol. The van der Waals surface area contributed by atoms with Crippen molar-refractivity contribution in [2.45, 2.75) is 13.0 Å². The van der Waals surface area contributed by atoms with E-state index in [1.165, 1.54) is 12.1 Å². The molecule has 0 spiro atoms. The number of halogens is 2. The summed E-state index contributed by atoms with van der Waals surface area (Å²) >= 11 is 6.10. The van der Waals surface area contributed by atoms with Crippen LogP contribution in [0.1, 0.15) is 11.1 Å². The summed E-state index contributed by atoms with van der Waals surface area (Å²) in [5.74, 6) is 0.207. The molecular weight excluding hydrogens is 293 g/mol. The molecule has 0 unspecified atom stereocenters. The summed E-state index contributed by atoms with van der Waals surface area (Å²) in [4.78, 5) is 11.8. The fraction of sp³-hybridized carbons (Fsp3) is 0.188. The summed E-state index contributed by atoms with van der Waals surface area (Å²) in [5.41, 5.74) is 1.57. The average molecular weight is 308 g/mol. The van der Waals surface area contributed by atoms with Crippen molar-refractivity contribution in [3.63, 3.8) is 0 Å². The van der Waals surface area contributed by atoms with E-state index in [4.69, 9.17) is 16.3 Å². The number of rotatable bonds is 5. The third kappa shape index (κ3) is 4.46. The summed E-state index contributed by atoms with van der Waals surface area (Å²) in [7, 11) is 1.57. The zero-order valence-corrected chi connectivity index (χ0v) is 12.3. The Bertz CT molecular complexity index is 629. The molecule has 0 heterocycles. The van der Waals surface area contributed by atoms with E-state index in [0.29, 0.717) is 17.3 Å². The first-order valence-electron chi connectivity index (χ1n) is 6.42. The van der Waals surface area contributed by atoms with Gasteiger partial charge in [-0.25, -0.2) is 4.39 Å². The fourth-order valence-electron chi connectivity index (χ4n) is 1.84. The van der Waals surface area contributed by atoms with Gasteiger partial charge in [0.25, 0.3) is 0 Å². The number of methoxy groups -OCH3 is 1. The normalized spacial score (nSPS) is 10.2. The van der Waals surface area contributed by atoms with Crippen LogP contribution in [0.15, 0.2) is 42.5 Å². The fourth-order valence-corrected chi connectivity index (χ4v) is 2.08. The summed E-state index contributed by atoms with van der Waals surface area (Å²) in [6.45, 7) is 0.336. The van der Waals surface area contributed by atoms with Crippen molar-refractivity contribution in [1.29, 1.82) is 0 Å². The molecule has 2 rings (SSSR count). The first-order valence-corrected chi connectivity index (χ1v) is 6.80. The number of benzene rings is 2. The third-order valence-corrected chi connectivity index (χ3v) is 3.37. The van der Waals surface area contributed by atoms with Crippen molar-refractivity contribution < 1.29 is 13.9 Å². The van der Waals surface area contributed by atoms with Gasteiger partial charge in [-0.15, -0.1) is 0 Å². The van der Waals surface area contributed by atoms with Crippen LogP contribution < -0.4 is 10.1 Å². The second kappa shape index (κ2) is 7.09. The van der Waals surface area contributed by atoms with Gasteiger partial charge in [0.2, 0.25) is 5.91 Å². The van der Waals surface area contributed by atoms with Gasteiger partial charge in [0, 0.05) is 11.6 Å². The lowest BCUT2D eigenvalue weighted by Gasteiger charge is -2.08. The van der Waals surface area contributed by atoms with Gasteiger partial charge in [-0.05, 0) is 35.4 Å². The van der Waals surface area contributed by atoms with Crippen LogP contribution in [0, 0.1) is 5.82 Å². The molecule has 0 saturated heterocycles. The minimum atomic E-state index is -0.316. The van der Waals surface area contributed by atoms with Gasteiger partial charge in [-0.2, -0.15) is 0 Å². The highest BCUT2D eigenvalue weighted by Gasteiger charge is 2.06. The molecule has 0 aliphatic carbocycles. The topological polar surface area (TPSA) is 38.3 Å². The van der Waals surface area contributed by atoms with Crippen molar-refractivity contribution in [3.05, 3.63) is 64.4 Å². The minimum Gasteiger partial charge on any atom is -0.497 e. The molecular formula is C16H15ClFNO2. The summed E-state index contributed by atoms with van der Waals surface area (Å²) in [5, 5.41) is 3.32. The van der Waals surface area contributed by atoms with Crippen LogP contribution in [-0.4, -0.2) is 13.0 Å². The lowest BCUT2D eigenvalue weighted by molar-refractivity contribution is -0.120. The highest BCUT2D eigenvalue weighted by atomic mass is 35.5. The van der Waals surface area contributed by atoms with Gasteiger partial charge in [0.1, 0.15) is 11.6 Å². The number of carbonyl (C=O) groups is 1. The molecule has 0 aliphatic heterocycles. The number of hydrogen-bond donors (Lipinski definition) is 1. The molecule has 0 aromatic heterocycles. The molecule has 0 bridgehead atoms. The van der Waals surface area contributed by atoms with Gasteiger partial charge < -0.3 is 10.1 Å². The Kier molecular flexibility index (Phi) is 5.17. The number of nitrogens with one attached hydrogen (secondary N) is 1. The highest BCUT2D eigenvalue weighted by molar-refractivity contribution is 6.31. The monoisotopic (exact) mass is 307 g/mol. The predicted octanol–water partition coefficient (Wildman–Crippen LogP) is 3.35. The number of ether oxygens (including phenoxy) is 1. The molecule has 110 valence electrons. The Morgan fingerprint density at radius 1 is 1.24 bits per heavy atom. The van der Waals surface area contributed by atoms with Crippen LogP contribution in [0.4, 0.5) is 4.39 Å². The zero-order valence-electron chi connectivity index (χ0n) is 11.5. The lowest BCUT2D eigenvalue weighted by atomic mass is 10.1. The van der Waals surface area contributed by atoms with Gasteiger partial charge in [-0.1, -0.05) is 29.8 Å². The van der Waals surface area contributed by atoms with E-state index in [0.717, 1.165) is 11.1 Å². The van der Waals surface area contributed by atoms with Crippen molar-refractivity contribution in [2.75, 3.05) is 7.11 Å². The number of amides is 1. The van der Waals surface area contributed by atoms with E-state index in [9.17, 15) is 9.18 Å². The molecule has 0 saturated carbocycles. The zero-order chi connectivity index (χ0) is 15.2. The van der Waals surface area contributed by atoms with Crippen LogP contribution in [0.2, 0.25) is 5.02 Å². The lowest BCUT2D eigenvalue weighted by Crippen LogP contribution is -2.24. The third-order valence-electron chi connectivity index (χ3n) is 3.01. The quantitative estimate of drug-likeness (QED) is 0.920. The molecule has 21 heavy (non-hydrogen) atoms. The Balaban J connectivity index is 1.90. The highest BCUT2D eigenvalue weighted by Crippen LogP contribution is 2.22. The Labute approximate surface area is 127 Å². The number of hydrogen-bond acceptors (Lipinski definition) is 2. The van der Waals surface area contributed by atoms with E-state index in [1.807, 2.05) is 0 Å². The molecule has 0 radical (unpaired) electrons. The van der Waals surface area contributed by atoms with Crippen LogP contribution >= 0.6 is 11.6 Å². The summed E-state index contributed by atoms with van der Waals surface area (Å²) in [6.07, 6.45) is 0.202. The Hall–Kier alpha value is -2.07. The van der Waals surface area contributed by atoms with Crippen LogP contribution in [0.25, 0.3) is 0 Å². The molecule has 0 fully saturated rings. The molecule has 2 aromatic carbocycles. The van der Waals surface area contributed by atoms with Crippen LogP contribution in [0.3, 0.4) is 0 Å². The van der Waals surface area contributed by atoms with Gasteiger partial charge in [0.05, 0.1) is 13.5 Å². The van der Waals surface area contributed by atoms with Gasteiger partial charge >= 0.3 is 0 Å². The van der Waals surface area contributed by atoms with E-state index in [1.54, 1.807) is 37.4 Å². The van der Waals surface area contributed by atoms with Crippen molar-refractivity contribution in [1.82, 2.24) is 5.32 Å². The minimum absolute atomic E-state index is 0.145. The van der Waals surface area contributed by atoms with Crippen molar-refractivity contribution in [2.24, 2.45) is 0 Å². The first-order chi connectivity index (χ1) is 10.1. The second-order valence-corrected chi connectivity index (χ2v) is 4.94. The molecule has 0 aliphatic rings. The maximum atomic E-state index is 12.8. The van der Waals surface area contributed by atoms with Crippen molar-refractivity contribution in [3.8, 4) is 5.75 Å². The molecule has 1 amide bonds. The molecule has 2 aromatic rings. The maximum Gasteiger partial charge on any atom is 0.224 e. The van der Waals surface area contributed by atoms with Gasteiger partial charge in [-0.3, -0.25) is 4.79 Å². The van der Waals surface area contributed by atoms with Gasteiger partial charge in [0.15, 0.2) is 0 Å². The maximum absolute atomic E-state index is 12.8.